The third kappa shape index (κ3) is 8.56. The number of nitrogens with one attached hydrogen (secondary N) is 2. The van der Waals surface area contributed by atoms with Crippen molar-refractivity contribution in [2.24, 2.45) is 4.99 Å². The number of hydrogen-bond donors (Lipinski definition) is 2. The number of aliphatic imine (C=N–C) groups is 1. The second-order valence-electron chi connectivity index (χ2n) is 6.81. The van der Waals surface area contributed by atoms with E-state index in [2.05, 4.69) is 20.5 Å². The topological polar surface area (TPSA) is 48.9 Å². The Balaban J connectivity index is 1.50. The van der Waals surface area contributed by atoms with Crippen LogP contribution in [0.15, 0.2) is 23.2 Å². The number of halogens is 2. The molecule has 1 aliphatic heterocycles. The average Bonchev–Trinajstić information content (AvgIpc) is 2.68. The van der Waals surface area contributed by atoms with Crippen LogP contribution in [0.3, 0.4) is 0 Å². The van der Waals surface area contributed by atoms with Gasteiger partial charge < -0.3 is 20.3 Å². The number of guanidine groups is 1. The van der Waals surface area contributed by atoms with Crippen molar-refractivity contribution in [1.82, 2.24) is 15.5 Å². The van der Waals surface area contributed by atoms with E-state index in [4.69, 9.17) is 4.74 Å². The van der Waals surface area contributed by atoms with E-state index in [0.717, 1.165) is 19.0 Å². The second kappa shape index (κ2) is 12.5. The summed E-state index contributed by atoms with van der Waals surface area (Å²) in [5.41, 5.74) is 0. The van der Waals surface area contributed by atoms with Crippen LogP contribution < -0.4 is 15.4 Å². The molecule has 0 unspecified atom stereocenters. The standard InChI is InChI=1S/C20H32F2N4O/c1-23-20(24-10-4-2-5-12-26-13-6-3-7-14-26)25-11-15-27-19-9-8-17(21)16-18(19)22/h8-9,16H,2-7,10-15H2,1H3,(H2,23,24,25). The maximum Gasteiger partial charge on any atom is 0.191 e. The fraction of sp³-hybridized carbons (Fsp3) is 0.650. The van der Waals surface area contributed by atoms with Crippen molar-refractivity contribution in [2.75, 3.05) is 46.4 Å². The van der Waals surface area contributed by atoms with Crippen LogP contribution in [0.25, 0.3) is 0 Å². The van der Waals surface area contributed by atoms with Crippen molar-refractivity contribution in [3.63, 3.8) is 0 Å². The van der Waals surface area contributed by atoms with E-state index in [9.17, 15) is 8.78 Å². The van der Waals surface area contributed by atoms with E-state index in [-0.39, 0.29) is 12.4 Å². The molecule has 1 aromatic carbocycles. The minimum Gasteiger partial charge on any atom is -0.489 e. The zero-order valence-electron chi connectivity index (χ0n) is 16.3. The predicted molar refractivity (Wildman–Crippen MR) is 105 cm³/mol. The molecule has 0 amide bonds. The molecule has 2 rings (SSSR count). The van der Waals surface area contributed by atoms with E-state index >= 15 is 0 Å². The van der Waals surface area contributed by atoms with E-state index < -0.39 is 11.6 Å². The molecule has 1 fully saturated rings. The van der Waals surface area contributed by atoms with Crippen molar-refractivity contribution in [2.45, 2.75) is 38.5 Å². The van der Waals surface area contributed by atoms with Gasteiger partial charge in [-0.15, -0.1) is 0 Å². The van der Waals surface area contributed by atoms with Crippen LogP contribution in [-0.2, 0) is 0 Å². The first-order valence-electron chi connectivity index (χ1n) is 9.94. The second-order valence-corrected chi connectivity index (χ2v) is 6.81. The molecule has 0 radical (unpaired) electrons. The Morgan fingerprint density at radius 1 is 1.07 bits per heavy atom. The molecule has 0 atom stereocenters. The highest BCUT2D eigenvalue weighted by Crippen LogP contribution is 2.17. The third-order valence-electron chi connectivity index (χ3n) is 4.66. The zero-order valence-corrected chi connectivity index (χ0v) is 16.3. The Hall–Kier alpha value is -1.89. The Bertz CT molecular complexity index is 577. The lowest BCUT2D eigenvalue weighted by molar-refractivity contribution is 0.224. The lowest BCUT2D eigenvalue weighted by Gasteiger charge is -2.26. The van der Waals surface area contributed by atoms with Crippen molar-refractivity contribution < 1.29 is 13.5 Å². The van der Waals surface area contributed by atoms with Gasteiger partial charge in [0.25, 0.3) is 0 Å². The van der Waals surface area contributed by atoms with Crippen molar-refractivity contribution in [3.05, 3.63) is 29.8 Å². The quantitative estimate of drug-likeness (QED) is 0.371. The first-order valence-corrected chi connectivity index (χ1v) is 9.94. The van der Waals surface area contributed by atoms with Gasteiger partial charge in [0.2, 0.25) is 0 Å². The van der Waals surface area contributed by atoms with Gasteiger partial charge in [0, 0.05) is 19.7 Å². The molecule has 5 nitrogen and oxygen atoms in total. The van der Waals surface area contributed by atoms with Gasteiger partial charge in [0.1, 0.15) is 12.4 Å². The van der Waals surface area contributed by atoms with Gasteiger partial charge in [-0.2, -0.15) is 0 Å². The van der Waals surface area contributed by atoms with Crippen LogP contribution in [0.4, 0.5) is 8.78 Å². The molecule has 7 heteroatoms. The molecule has 0 aromatic heterocycles. The maximum atomic E-state index is 13.5. The normalized spacial score (nSPS) is 15.6. The molecular weight excluding hydrogens is 350 g/mol. The summed E-state index contributed by atoms with van der Waals surface area (Å²) in [5.74, 6) is -0.551. The molecule has 0 aliphatic carbocycles. The average molecular weight is 382 g/mol. The molecule has 152 valence electrons. The first kappa shape index (κ1) is 21.4. The Labute approximate surface area is 161 Å². The van der Waals surface area contributed by atoms with E-state index in [1.807, 2.05) is 0 Å². The number of likely N-dealkylation sites (tertiary alicyclic amines) is 1. The third-order valence-corrected chi connectivity index (χ3v) is 4.66. The fourth-order valence-corrected chi connectivity index (χ4v) is 3.17. The molecule has 0 saturated carbocycles. The molecule has 1 aliphatic rings. The van der Waals surface area contributed by atoms with Crippen LogP contribution in [0.2, 0.25) is 0 Å². The van der Waals surface area contributed by atoms with Gasteiger partial charge in [-0.05, 0) is 57.5 Å². The number of benzene rings is 1. The van der Waals surface area contributed by atoms with Crippen molar-refractivity contribution >= 4 is 5.96 Å². The highest BCUT2D eigenvalue weighted by Gasteiger charge is 2.09. The van der Waals surface area contributed by atoms with Crippen LogP contribution in [0.1, 0.15) is 38.5 Å². The van der Waals surface area contributed by atoms with Crippen LogP contribution in [0, 0.1) is 11.6 Å². The first-order chi connectivity index (χ1) is 13.2. The molecule has 0 spiro atoms. The Morgan fingerprint density at radius 3 is 2.59 bits per heavy atom. The SMILES string of the molecule is CN=C(NCCCCCN1CCCCC1)NCCOc1ccc(F)cc1F. The van der Waals surface area contributed by atoms with Crippen LogP contribution in [-0.4, -0.2) is 57.2 Å². The highest BCUT2D eigenvalue weighted by molar-refractivity contribution is 5.79. The van der Waals surface area contributed by atoms with Crippen LogP contribution in [0.5, 0.6) is 5.75 Å². The van der Waals surface area contributed by atoms with E-state index in [0.29, 0.717) is 12.5 Å². The summed E-state index contributed by atoms with van der Waals surface area (Å²) in [6, 6.07) is 3.29. The smallest absolute Gasteiger partial charge is 0.191 e. The molecule has 27 heavy (non-hydrogen) atoms. The number of unbranched alkanes of at least 4 members (excludes halogenated alkanes) is 2. The number of ether oxygens (including phenoxy) is 1. The van der Waals surface area contributed by atoms with Gasteiger partial charge in [0.05, 0.1) is 6.54 Å². The van der Waals surface area contributed by atoms with Gasteiger partial charge in [0.15, 0.2) is 17.5 Å². The van der Waals surface area contributed by atoms with Crippen LogP contribution >= 0.6 is 0 Å². The summed E-state index contributed by atoms with van der Waals surface area (Å²) in [6.07, 6.45) is 7.63. The zero-order chi connectivity index (χ0) is 19.3. The predicted octanol–water partition coefficient (Wildman–Crippen LogP) is 3.16. The molecule has 1 heterocycles. The molecular formula is C20H32F2N4O. The van der Waals surface area contributed by atoms with Crippen molar-refractivity contribution in [1.29, 1.82) is 0 Å². The maximum absolute atomic E-state index is 13.5. The number of rotatable bonds is 10. The monoisotopic (exact) mass is 382 g/mol. The minimum absolute atomic E-state index is 0.0508. The lowest BCUT2D eigenvalue weighted by Crippen LogP contribution is -2.39. The number of hydrogen-bond acceptors (Lipinski definition) is 3. The summed E-state index contributed by atoms with van der Waals surface area (Å²) in [6.45, 7) is 5.35. The summed E-state index contributed by atoms with van der Waals surface area (Å²) < 4.78 is 31.6. The summed E-state index contributed by atoms with van der Waals surface area (Å²) in [5, 5.41) is 6.39. The Kier molecular flexibility index (Phi) is 9.90. The summed E-state index contributed by atoms with van der Waals surface area (Å²) >= 11 is 0. The summed E-state index contributed by atoms with van der Waals surface area (Å²) in [4.78, 5) is 6.73. The summed E-state index contributed by atoms with van der Waals surface area (Å²) in [7, 11) is 1.71. The fourth-order valence-electron chi connectivity index (χ4n) is 3.17. The lowest BCUT2D eigenvalue weighted by atomic mass is 10.1. The van der Waals surface area contributed by atoms with Gasteiger partial charge >= 0.3 is 0 Å². The number of piperidine rings is 1. The molecule has 0 bridgehead atoms. The molecule has 1 aromatic rings. The molecule has 2 N–H and O–H groups in total. The highest BCUT2D eigenvalue weighted by atomic mass is 19.1. The minimum atomic E-state index is -0.693. The van der Waals surface area contributed by atoms with Gasteiger partial charge in [-0.3, -0.25) is 4.99 Å². The molecule has 1 saturated heterocycles. The number of nitrogens with zero attached hydrogens (tertiary/aromatic N) is 2. The largest absolute Gasteiger partial charge is 0.489 e. The van der Waals surface area contributed by atoms with E-state index in [1.165, 1.54) is 63.9 Å². The van der Waals surface area contributed by atoms with Crippen molar-refractivity contribution in [3.8, 4) is 5.75 Å². The van der Waals surface area contributed by atoms with Gasteiger partial charge in [-0.25, -0.2) is 8.78 Å². The Morgan fingerprint density at radius 2 is 1.85 bits per heavy atom. The van der Waals surface area contributed by atoms with E-state index in [1.54, 1.807) is 7.05 Å². The van der Waals surface area contributed by atoms with Gasteiger partial charge in [-0.1, -0.05) is 12.8 Å².